The number of aromatic nitrogens is 1. The Kier molecular flexibility index (Phi) is 6.88. The van der Waals surface area contributed by atoms with Gasteiger partial charge in [-0.25, -0.2) is 4.98 Å². The summed E-state index contributed by atoms with van der Waals surface area (Å²) < 4.78 is 1.04. The molecular formula is C20H21BrN2O2S. The van der Waals surface area contributed by atoms with Crippen molar-refractivity contribution in [3.63, 3.8) is 0 Å². The second-order valence-electron chi connectivity index (χ2n) is 6.30. The predicted molar refractivity (Wildman–Crippen MR) is 108 cm³/mol. The topological polar surface area (TPSA) is 62.2 Å². The number of aliphatic hydroxyl groups excluding tert-OH is 1. The Balaban J connectivity index is 1.62. The first-order valence-electron chi connectivity index (χ1n) is 8.65. The van der Waals surface area contributed by atoms with Crippen LogP contribution in [0.5, 0.6) is 0 Å². The van der Waals surface area contributed by atoms with Gasteiger partial charge in [-0.3, -0.25) is 4.79 Å². The average molecular weight is 433 g/mol. The Morgan fingerprint density at radius 3 is 2.65 bits per heavy atom. The smallest absolute Gasteiger partial charge is 0.244 e. The molecule has 1 aromatic heterocycles. The lowest BCUT2D eigenvalue weighted by Gasteiger charge is -2.25. The van der Waals surface area contributed by atoms with E-state index in [2.05, 4.69) is 26.2 Å². The van der Waals surface area contributed by atoms with Gasteiger partial charge in [0.25, 0.3) is 0 Å². The molecule has 6 heteroatoms. The van der Waals surface area contributed by atoms with E-state index in [9.17, 15) is 9.90 Å². The fourth-order valence-corrected chi connectivity index (χ4v) is 3.99. The summed E-state index contributed by atoms with van der Waals surface area (Å²) in [4.78, 5) is 17.7. The number of hydrogen-bond acceptors (Lipinski definition) is 4. The number of pyridine rings is 1. The van der Waals surface area contributed by atoms with Crippen LogP contribution in [0.4, 0.5) is 0 Å². The van der Waals surface area contributed by atoms with Crippen molar-refractivity contribution in [3.8, 4) is 0 Å². The quantitative estimate of drug-likeness (QED) is 0.685. The van der Waals surface area contributed by atoms with E-state index >= 15 is 0 Å². The van der Waals surface area contributed by atoms with Crippen molar-refractivity contribution in [2.24, 2.45) is 0 Å². The minimum absolute atomic E-state index is 0.102. The molecule has 0 spiro atoms. The van der Waals surface area contributed by atoms with Crippen molar-refractivity contribution >= 4 is 39.7 Å². The molecule has 1 heterocycles. The second-order valence-corrected chi connectivity index (χ2v) is 8.28. The molecule has 0 radical (unpaired) electrons. The molecule has 0 bridgehead atoms. The highest BCUT2D eigenvalue weighted by molar-refractivity contribution is 9.10. The standard InChI is InChI=1S/C20H21BrN2O2S/c21-15-4-10-18(11-5-15)26-20-14(2-1-13-22-20)3-12-19(25)23-16-6-8-17(24)9-7-16/h1-5,10-13,16-17,24H,6-9H2,(H,23,25)/b12-3+. The molecule has 1 fully saturated rings. The summed E-state index contributed by atoms with van der Waals surface area (Å²) in [5.74, 6) is -0.102. The SMILES string of the molecule is O=C(/C=C/c1cccnc1Sc1ccc(Br)cc1)NC1CCC(O)CC1. The molecule has 2 aromatic rings. The van der Waals surface area contributed by atoms with Crippen LogP contribution in [-0.2, 0) is 4.79 Å². The number of hydrogen-bond donors (Lipinski definition) is 2. The number of nitrogens with one attached hydrogen (secondary N) is 1. The lowest BCUT2D eigenvalue weighted by atomic mass is 9.93. The van der Waals surface area contributed by atoms with Crippen LogP contribution >= 0.6 is 27.7 Å². The normalized spacial score (nSPS) is 20.2. The average Bonchev–Trinajstić information content (AvgIpc) is 2.65. The number of carbonyl (C=O) groups excluding carboxylic acids is 1. The molecule has 1 aromatic carbocycles. The van der Waals surface area contributed by atoms with Crippen LogP contribution in [0.1, 0.15) is 31.2 Å². The first-order valence-corrected chi connectivity index (χ1v) is 10.3. The zero-order chi connectivity index (χ0) is 18.4. The summed E-state index contributed by atoms with van der Waals surface area (Å²) in [6.45, 7) is 0. The maximum atomic E-state index is 12.2. The third-order valence-electron chi connectivity index (χ3n) is 4.29. The summed E-state index contributed by atoms with van der Waals surface area (Å²) in [5, 5.41) is 13.4. The molecule has 1 amide bonds. The zero-order valence-corrected chi connectivity index (χ0v) is 16.7. The zero-order valence-electron chi connectivity index (χ0n) is 14.3. The summed E-state index contributed by atoms with van der Waals surface area (Å²) in [7, 11) is 0. The van der Waals surface area contributed by atoms with Crippen LogP contribution < -0.4 is 5.32 Å². The van der Waals surface area contributed by atoms with Gasteiger partial charge in [-0.2, -0.15) is 0 Å². The molecule has 4 nitrogen and oxygen atoms in total. The second kappa shape index (κ2) is 9.35. The van der Waals surface area contributed by atoms with E-state index in [-0.39, 0.29) is 18.1 Å². The van der Waals surface area contributed by atoms with Crippen LogP contribution in [0.25, 0.3) is 6.08 Å². The Morgan fingerprint density at radius 2 is 1.92 bits per heavy atom. The number of carbonyl (C=O) groups is 1. The van der Waals surface area contributed by atoms with Crippen molar-refractivity contribution in [1.29, 1.82) is 0 Å². The molecule has 0 aliphatic heterocycles. The highest BCUT2D eigenvalue weighted by atomic mass is 79.9. The lowest BCUT2D eigenvalue weighted by Crippen LogP contribution is -2.37. The molecule has 0 saturated heterocycles. The fourth-order valence-electron chi connectivity index (χ4n) is 2.86. The van der Waals surface area contributed by atoms with E-state index in [0.29, 0.717) is 0 Å². The Hall–Kier alpha value is -1.63. The summed E-state index contributed by atoms with van der Waals surface area (Å²) in [6.07, 6.45) is 8.08. The molecule has 0 atom stereocenters. The van der Waals surface area contributed by atoms with Gasteiger partial charge in [0, 0.05) is 33.2 Å². The van der Waals surface area contributed by atoms with Crippen molar-refractivity contribution in [2.45, 2.75) is 47.8 Å². The lowest BCUT2D eigenvalue weighted by molar-refractivity contribution is -0.117. The van der Waals surface area contributed by atoms with Gasteiger partial charge in [0.15, 0.2) is 0 Å². The van der Waals surface area contributed by atoms with Crippen LogP contribution in [0.15, 0.2) is 63.1 Å². The van der Waals surface area contributed by atoms with Crippen LogP contribution in [0, 0.1) is 0 Å². The number of aliphatic hydroxyl groups is 1. The molecule has 1 aliphatic carbocycles. The van der Waals surface area contributed by atoms with Gasteiger partial charge in [-0.05, 0) is 62.1 Å². The molecule has 26 heavy (non-hydrogen) atoms. The Bertz CT molecular complexity index is 772. The van der Waals surface area contributed by atoms with Gasteiger partial charge < -0.3 is 10.4 Å². The number of halogens is 1. The molecule has 3 rings (SSSR count). The summed E-state index contributed by atoms with van der Waals surface area (Å²) in [6, 6.07) is 12.0. The van der Waals surface area contributed by atoms with Crippen molar-refractivity contribution in [1.82, 2.24) is 10.3 Å². The minimum atomic E-state index is -0.215. The van der Waals surface area contributed by atoms with Gasteiger partial charge in [0.2, 0.25) is 5.91 Å². The van der Waals surface area contributed by atoms with Crippen molar-refractivity contribution in [2.75, 3.05) is 0 Å². The van der Waals surface area contributed by atoms with Gasteiger partial charge in [-0.15, -0.1) is 0 Å². The van der Waals surface area contributed by atoms with Crippen LogP contribution in [0.3, 0.4) is 0 Å². The van der Waals surface area contributed by atoms with E-state index in [1.807, 2.05) is 36.4 Å². The monoisotopic (exact) mass is 432 g/mol. The molecule has 136 valence electrons. The van der Waals surface area contributed by atoms with E-state index in [1.54, 1.807) is 30.1 Å². The van der Waals surface area contributed by atoms with E-state index in [0.717, 1.165) is 45.6 Å². The largest absolute Gasteiger partial charge is 0.393 e. The van der Waals surface area contributed by atoms with E-state index in [1.165, 1.54) is 0 Å². The molecular weight excluding hydrogens is 412 g/mol. The van der Waals surface area contributed by atoms with Gasteiger partial charge >= 0.3 is 0 Å². The highest BCUT2D eigenvalue weighted by Crippen LogP contribution is 2.30. The third kappa shape index (κ3) is 5.69. The maximum Gasteiger partial charge on any atom is 0.244 e. The summed E-state index contributed by atoms with van der Waals surface area (Å²) in [5.41, 5.74) is 0.912. The number of benzene rings is 1. The van der Waals surface area contributed by atoms with Crippen molar-refractivity contribution < 1.29 is 9.90 Å². The Morgan fingerprint density at radius 1 is 1.19 bits per heavy atom. The van der Waals surface area contributed by atoms with Crippen molar-refractivity contribution in [3.05, 3.63) is 58.7 Å². The molecule has 0 unspecified atom stereocenters. The predicted octanol–water partition coefficient (Wildman–Crippen LogP) is 4.43. The Labute approximate surface area is 166 Å². The van der Waals surface area contributed by atoms with Crippen LogP contribution in [0.2, 0.25) is 0 Å². The molecule has 1 aliphatic rings. The summed E-state index contributed by atoms with van der Waals surface area (Å²) >= 11 is 5.00. The highest BCUT2D eigenvalue weighted by Gasteiger charge is 2.19. The van der Waals surface area contributed by atoms with Gasteiger partial charge in [0.05, 0.1) is 6.10 Å². The minimum Gasteiger partial charge on any atom is -0.393 e. The first-order chi connectivity index (χ1) is 12.6. The maximum absolute atomic E-state index is 12.2. The first kappa shape index (κ1) is 19.1. The van der Waals surface area contributed by atoms with Gasteiger partial charge in [0.1, 0.15) is 5.03 Å². The third-order valence-corrected chi connectivity index (χ3v) is 5.86. The number of rotatable bonds is 5. The van der Waals surface area contributed by atoms with Crippen LogP contribution in [-0.4, -0.2) is 28.1 Å². The number of nitrogens with zero attached hydrogens (tertiary/aromatic N) is 1. The molecule has 2 N–H and O–H groups in total. The molecule has 1 saturated carbocycles. The fraction of sp³-hybridized carbons (Fsp3) is 0.300. The number of amides is 1. The van der Waals surface area contributed by atoms with E-state index < -0.39 is 0 Å². The van der Waals surface area contributed by atoms with Gasteiger partial charge in [-0.1, -0.05) is 33.8 Å². The van der Waals surface area contributed by atoms with E-state index in [4.69, 9.17) is 0 Å².